The highest BCUT2D eigenvalue weighted by Crippen LogP contribution is 2.31. The first-order chi connectivity index (χ1) is 14.9. The largest absolute Gasteiger partial charge is 0.385 e. The van der Waals surface area contributed by atoms with Gasteiger partial charge in [-0.15, -0.1) is 0 Å². The normalized spacial score (nSPS) is 19.0. The molecule has 164 valence electrons. The zero-order valence-corrected chi connectivity index (χ0v) is 17.3. The van der Waals surface area contributed by atoms with Crippen LogP contribution in [-0.2, 0) is 4.74 Å². The van der Waals surface area contributed by atoms with Crippen molar-refractivity contribution in [3.05, 3.63) is 36.0 Å². The number of nitrogens with zero attached hydrogens (tertiary/aromatic N) is 5. The fourth-order valence-corrected chi connectivity index (χ4v) is 3.87. The van der Waals surface area contributed by atoms with Crippen LogP contribution in [0.15, 0.2) is 24.8 Å². The molecule has 3 aromatic heterocycles. The van der Waals surface area contributed by atoms with Gasteiger partial charge in [-0.25, -0.2) is 19.5 Å². The predicted octanol–water partition coefficient (Wildman–Crippen LogP) is 3.78. The number of aromatic nitrogens is 5. The van der Waals surface area contributed by atoms with Crippen LogP contribution in [0.1, 0.15) is 36.9 Å². The van der Waals surface area contributed by atoms with Crippen LogP contribution in [0.5, 0.6) is 0 Å². The lowest BCUT2D eigenvalue weighted by molar-refractivity contribution is -0.170. The lowest BCUT2D eigenvalue weighted by Crippen LogP contribution is -2.28. The lowest BCUT2D eigenvalue weighted by atomic mass is 9.83. The molecular weight excluding hydrogens is 406 g/mol. The molecule has 1 fully saturated rings. The van der Waals surface area contributed by atoms with Crippen LogP contribution in [0.25, 0.3) is 5.65 Å². The summed E-state index contributed by atoms with van der Waals surface area (Å²) in [6.07, 6.45) is 6.68. The minimum atomic E-state index is -2.76. The molecule has 0 saturated heterocycles. The Morgan fingerprint density at radius 3 is 2.71 bits per heavy atom. The van der Waals surface area contributed by atoms with E-state index in [2.05, 4.69) is 35.4 Å². The fraction of sp³-hybridized carbons (Fsp3) is 0.450. The maximum atomic E-state index is 12.5. The Morgan fingerprint density at radius 2 is 2.00 bits per heavy atom. The Morgan fingerprint density at radius 1 is 1.23 bits per heavy atom. The van der Waals surface area contributed by atoms with Gasteiger partial charge in [0.15, 0.2) is 5.65 Å². The molecule has 1 saturated carbocycles. The number of ether oxygens (including phenoxy) is 1. The summed E-state index contributed by atoms with van der Waals surface area (Å²) in [5.74, 6) is 0.289. The summed E-state index contributed by atoms with van der Waals surface area (Å²) in [5.41, 5.74) is 3.98. The van der Waals surface area contributed by atoms with Crippen molar-refractivity contribution >= 4 is 28.7 Å². The third-order valence-corrected chi connectivity index (χ3v) is 5.56. The number of nitrogens with one attached hydrogen (secondary N) is 3. The van der Waals surface area contributed by atoms with Crippen molar-refractivity contribution in [2.75, 3.05) is 17.7 Å². The summed E-state index contributed by atoms with van der Waals surface area (Å²) in [6, 6.07) is 1.90. The van der Waals surface area contributed by atoms with Crippen LogP contribution in [-0.4, -0.2) is 50.0 Å². The summed E-state index contributed by atoms with van der Waals surface area (Å²) in [5, 5.41) is 19.1. The van der Waals surface area contributed by atoms with Gasteiger partial charge in [0.25, 0.3) is 0 Å². The topological polar surface area (TPSA) is 113 Å². The predicted molar refractivity (Wildman–Crippen MR) is 112 cm³/mol. The smallest absolute Gasteiger partial charge is 0.345 e. The molecule has 1 aliphatic carbocycles. The van der Waals surface area contributed by atoms with Crippen molar-refractivity contribution in [2.24, 2.45) is 5.92 Å². The maximum Gasteiger partial charge on any atom is 0.345 e. The number of anilines is 3. The van der Waals surface area contributed by atoms with E-state index >= 15 is 0 Å². The van der Waals surface area contributed by atoms with Crippen molar-refractivity contribution in [2.45, 2.75) is 45.3 Å². The molecule has 0 atom stereocenters. The second-order valence-electron chi connectivity index (χ2n) is 7.55. The van der Waals surface area contributed by atoms with E-state index < -0.39 is 12.7 Å². The molecule has 31 heavy (non-hydrogen) atoms. The van der Waals surface area contributed by atoms with Gasteiger partial charge in [-0.2, -0.15) is 13.9 Å². The molecule has 0 radical (unpaired) electrons. The van der Waals surface area contributed by atoms with Gasteiger partial charge in [0.05, 0.1) is 35.6 Å². The van der Waals surface area contributed by atoms with E-state index in [1.54, 1.807) is 17.8 Å². The van der Waals surface area contributed by atoms with Gasteiger partial charge >= 0.3 is 6.61 Å². The number of rotatable bonds is 7. The summed E-state index contributed by atoms with van der Waals surface area (Å²) >= 11 is 0. The molecule has 3 aromatic rings. The first-order valence-electron chi connectivity index (χ1n) is 10.1. The number of hydrogen-bond acceptors (Lipinski definition) is 8. The molecule has 0 amide bonds. The molecule has 0 spiro atoms. The third-order valence-electron chi connectivity index (χ3n) is 5.56. The number of halogens is 2. The Balaban J connectivity index is 1.53. The SMILES string of the molecule is CNc1cnc(Nc2cn3ncnc3cc2C)nc1C(=N)[C@H]1CC[C@@H](OC(F)F)CC1. The molecule has 3 heterocycles. The summed E-state index contributed by atoms with van der Waals surface area (Å²) in [7, 11) is 1.75. The van der Waals surface area contributed by atoms with Crippen LogP contribution in [0.2, 0.25) is 0 Å². The zero-order chi connectivity index (χ0) is 22.0. The average molecular weight is 430 g/mol. The minimum absolute atomic E-state index is 0.0689. The quantitative estimate of drug-likeness (QED) is 0.489. The molecule has 0 aromatic carbocycles. The van der Waals surface area contributed by atoms with E-state index in [9.17, 15) is 8.78 Å². The van der Waals surface area contributed by atoms with Gasteiger partial charge in [0.2, 0.25) is 5.95 Å². The molecule has 0 unspecified atom stereocenters. The van der Waals surface area contributed by atoms with Crippen molar-refractivity contribution in [3.8, 4) is 0 Å². The molecule has 11 heteroatoms. The number of hydrogen-bond donors (Lipinski definition) is 3. The fourth-order valence-electron chi connectivity index (χ4n) is 3.87. The van der Waals surface area contributed by atoms with Crippen LogP contribution in [0, 0.1) is 18.3 Å². The maximum absolute atomic E-state index is 12.5. The monoisotopic (exact) mass is 430 g/mol. The molecule has 9 nitrogen and oxygen atoms in total. The standard InChI is InChI=1S/C20H24F2N8O/c1-11-7-16-26-10-27-30(16)9-15(11)28-20-25-8-14(24-2)18(29-20)17(23)12-3-5-13(6-4-12)31-19(21)22/h7-10,12-13,19,23-24H,3-6H2,1-2H3,(H,25,28,29)/t12-,13+. The van der Waals surface area contributed by atoms with Crippen LogP contribution < -0.4 is 10.6 Å². The highest BCUT2D eigenvalue weighted by atomic mass is 19.3. The van der Waals surface area contributed by atoms with E-state index in [1.165, 1.54) is 6.33 Å². The Bertz CT molecular complexity index is 1080. The summed E-state index contributed by atoms with van der Waals surface area (Å²) in [4.78, 5) is 13.1. The van der Waals surface area contributed by atoms with Crippen molar-refractivity contribution in [1.82, 2.24) is 24.6 Å². The van der Waals surface area contributed by atoms with Crippen molar-refractivity contribution in [3.63, 3.8) is 0 Å². The third kappa shape index (κ3) is 4.61. The molecular formula is C20H24F2N8O. The first kappa shape index (κ1) is 21.0. The van der Waals surface area contributed by atoms with Gasteiger partial charge in [0, 0.05) is 13.0 Å². The lowest BCUT2D eigenvalue weighted by Gasteiger charge is -2.29. The summed E-state index contributed by atoms with van der Waals surface area (Å²) < 4.78 is 31.2. The molecule has 4 rings (SSSR count). The molecule has 0 bridgehead atoms. The van der Waals surface area contributed by atoms with E-state index in [1.807, 2.05) is 19.2 Å². The van der Waals surface area contributed by atoms with E-state index in [4.69, 9.17) is 5.41 Å². The van der Waals surface area contributed by atoms with Gasteiger partial charge < -0.3 is 20.8 Å². The van der Waals surface area contributed by atoms with Crippen molar-refractivity contribution < 1.29 is 13.5 Å². The van der Waals surface area contributed by atoms with E-state index in [0.29, 0.717) is 48.7 Å². The van der Waals surface area contributed by atoms with Crippen LogP contribution in [0.3, 0.4) is 0 Å². The molecule has 0 aliphatic heterocycles. The Labute approximate surface area is 177 Å². The summed E-state index contributed by atoms with van der Waals surface area (Å²) in [6.45, 7) is -0.811. The Kier molecular flexibility index (Phi) is 6.03. The molecule has 3 N–H and O–H groups in total. The first-order valence-corrected chi connectivity index (χ1v) is 10.1. The van der Waals surface area contributed by atoms with Crippen LogP contribution in [0.4, 0.5) is 26.1 Å². The van der Waals surface area contributed by atoms with E-state index in [-0.39, 0.29) is 5.92 Å². The number of pyridine rings is 1. The van der Waals surface area contributed by atoms with E-state index in [0.717, 1.165) is 16.9 Å². The number of alkyl halides is 2. The zero-order valence-electron chi connectivity index (χ0n) is 17.3. The minimum Gasteiger partial charge on any atom is -0.385 e. The molecule has 1 aliphatic rings. The highest BCUT2D eigenvalue weighted by molar-refractivity contribution is 6.02. The average Bonchev–Trinajstić information content (AvgIpc) is 3.20. The van der Waals surface area contributed by atoms with Gasteiger partial charge in [-0.3, -0.25) is 0 Å². The second-order valence-corrected chi connectivity index (χ2v) is 7.55. The number of aryl methyl sites for hydroxylation is 1. The van der Waals surface area contributed by atoms with Gasteiger partial charge in [-0.1, -0.05) is 0 Å². The second kappa shape index (κ2) is 8.88. The van der Waals surface area contributed by atoms with Gasteiger partial charge in [0.1, 0.15) is 12.0 Å². The number of fused-ring (bicyclic) bond motifs is 1. The highest BCUT2D eigenvalue weighted by Gasteiger charge is 2.28. The Hall–Kier alpha value is -3.21. The van der Waals surface area contributed by atoms with Crippen LogP contribution >= 0.6 is 0 Å². The van der Waals surface area contributed by atoms with Gasteiger partial charge in [-0.05, 0) is 44.2 Å². The van der Waals surface area contributed by atoms with Crippen molar-refractivity contribution in [1.29, 1.82) is 5.41 Å².